The normalized spacial score (nSPS) is 11.3. The van der Waals surface area contributed by atoms with Crippen LogP contribution in [0.5, 0.6) is 0 Å². The second kappa shape index (κ2) is 6.78. The van der Waals surface area contributed by atoms with Crippen molar-refractivity contribution in [3.05, 3.63) is 109 Å². The first-order valence-corrected chi connectivity index (χ1v) is 10.1. The van der Waals surface area contributed by atoms with Crippen molar-refractivity contribution in [2.45, 2.75) is 0 Å². The van der Waals surface area contributed by atoms with E-state index < -0.39 is 0 Å². The highest BCUT2D eigenvalue weighted by molar-refractivity contribution is 5.92. The van der Waals surface area contributed by atoms with E-state index in [1.54, 1.807) is 0 Å². The smallest absolute Gasteiger partial charge is 0.0709 e. The van der Waals surface area contributed by atoms with Crippen LogP contribution in [0.15, 0.2) is 109 Å². The van der Waals surface area contributed by atoms with Gasteiger partial charge < -0.3 is 0 Å². The number of para-hydroxylation sites is 2. The Bertz CT molecular complexity index is 1440. The van der Waals surface area contributed by atoms with Gasteiger partial charge in [0.15, 0.2) is 0 Å². The van der Waals surface area contributed by atoms with Crippen LogP contribution in [0.25, 0.3) is 55.1 Å². The molecule has 0 fully saturated rings. The van der Waals surface area contributed by atoms with E-state index in [0.29, 0.717) is 0 Å². The average molecular weight is 382 g/mol. The van der Waals surface area contributed by atoms with E-state index in [1.165, 1.54) is 10.8 Å². The third kappa shape index (κ3) is 2.90. The molecular formula is C28H18N2. The molecule has 2 nitrogen and oxygen atoms in total. The van der Waals surface area contributed by atoms with Gasteiger partial charge in [0.1, 0.15) is 0 Å². The molecule has 0 aliphatic heterocycles. The van der Waals surface area contributed by atoms with E-state index in [0.717, 1.165) is 44.3 Å². The Labute approximate surface area is 174 Å². The topological polar surface area (TPSA) is 25.8 Å². The summed E-state index contributed by atoms with van der Waals surface area (Å²) in [6, 6.07) is 38.0. The van der Waals surface area contributed by atoms with Gasteiger partial charge in [0, 0.05) is 21.9 Å². The first kappa shape index (κ1) is 16.9. The maximum atomic E-state index is 4.85. The van der Waals surface area contributed by atoms with Crippen LogP contribution in [0.2, 0.25) is 0 Å². The Balaban J connectivity index is 1.46. The third-order valence-electron chi connectivity index (χ3n) is 5.63. The molecule has 2 heterocycles. The number of hydrogen-bond acceptors (Lipinski definition) is 2. The van der Waals surface area contributed by atoms with E-state index in [9.17, 15) is 0 Å². The first-order valence-electron chi connectivity index (χ1n) is 10.1. The lowest BCUT2D eigenvalue weighted by Crippen LogP contribution is -1.87. The molecule has 0 spiro atoms. The third-order valence-corrected chi connectivity index (χ3v) is 5.63. The van der Waals surface area contributed by atoms with Crippen molar-refractivity contribution < 1.29 is 0 Å². The number of aromatic nitrogens is 2. The van der Waals surface area contributed by atoms with E-state index in [4.69, 9.17) is 9.97 Å². The van der Waals surface area contributed by atoms with Crippen LogP contribution in [0.3, 0.4) is 0 Å². The minimum absolute atomic E-state index is 0.991. The highest BCUT2D eigenvalue weighted by Crippen LogP contribution is 2.29. The molecule has 6 aromatic rings. The fourth-order valence-electron chi connectivity index (χ4n) is 4.02. The van der Waals surface area contributed by atoms with Gasteiger partial charge in [0.05, 0.1) is 22.4 Å². The molecule has 6 rings (SSSR count). The zero-order chi connectivity index (χ0) is 19.9. The minimum Gasteiger partial charge on any atom is -0.248 e. The zero-order valence-corrected chi connectivity index (χ0v) is 16.3. The molecule has 0 bridgehead atoms. The van der Waals surface area contributed by atoms with Crippen LogP contribution in [0.4, 0.5) is 0 Å². The molecule has 0 unspecified atom stereocenters. The van der Waals surface area contributed by atoms with Gasteiger partial charge in [0.2, 0.25) is 0 Å². The molecule has 4 aromatic carbocycles. The molecule has 0 atom stereocenters. The molecule has 0 radical (unpaired) electrons. The standard InChI is InChI=1S/C28H18N2/c1-3-7-25-20(5-1)13-15-27(29-25)22-11-9-19-10-12-23(18-24(19)17-22)28-16-14-21-6-2-4-8-26(21)30-28/h1-18H. The van der Waals surface area contributed by atoms with Crippen molar-refractivity contribution in [1.29, 1.82) is 0 Å². The lowest BCUT2D eigenvalue weighted by molar-refractivity contribution is 1.40. The fraction of sp³-hybridized carbons (Fsp3) is 0. The molecule has 140 valence electrons. The molecule has 0 saturated carbocycles. The molecule has 0 amide bonds. The SMILES string of the molecule is c1ccc2nc(-c3ccc4ccc(-c5ccc6ccccc6n5)cc4c3)ccc2c1. The zero-order valence-electron chi connectivity index (χ0n) is 16.3. The van der Waals surface area contributed by atoms with Gasteiger partial charge in [-0.25, -0.2) is 9.97 Å². The number of rotatable bonds is 2. The van der Waals surface area contributed by atoms with Crippen molar-refractivity contribution in [2.75, 3.05) is 0 Å². The van der Waals surface area contributed by atoms with Crippen molar-refractivity contribution in [2.24, 2.45) is 0 Å². The van der Waals surface area contributed by atoms with Crippen molar-refractivity contribution in [3.63, 3.8) is 0 Å². The van der Waals surface area contributed by atoms with Gasteiger partial charge in [-0.1, -0.05) is 72.8 Å². The first-order chi connectivity index (χ1) is 14.8. The van der Waals surface area contributed by atoms with E-state index in [-0.39, 0.29) is 0 Å². The van der Waals surface area contributed by atoms with Gasteiger partial charge in [-0.3, -0.25) is 0 Å². The Morgan fingerprint density at radius 1 is 0.367 bits per heavy atom. The van der Waals surface area contributed by atoms with E-state index >= 15 is 0 Å². The summed E-state index contributed by atoms with van der Waals surface area (Å²) in [4.78, 5) is 9.71. The van der Waals surface area contributed by atoms with Gasteiger partial charge in [0.25, 0.3) is 0 Å². The number of pyridine rings is 2. The summed E-state index contributed by atoms with van der Waals surface area (Å²) in [7, 11) is 0. The summed E-state index contributed by atoms with van der Waals surface area (Å²) in [5.41, 5.74) is 6.26. The highest BCUT2D eigenvalue weighted by Gasteiger charge is 2.06. The Morgan fingerprint density at radius 2 is 0.833 bits per heavy atom. The van der Waals surface area contributed by atoms with Crippen LogP contribution in [0.1, 0.15) is 0 Å². The Hall–Kier alpha value is -4.04. The van der Waals surface area contributed by atoms with Gasteiger partial charge in [-0.15, -0.1) is 0 Å². The summed E-state index contributed by atoms with van der Waals surface area (Å²) < 4.78 is 0. The number of nitrogens with zero attached hydrogens (tertiary/aromatic N) is 2. The maximum absolute atomic E-state index is 4.85. The summed E-state index contributed by atoms with van der Waals surface area (Å²) in [6.45, 7) is 0. The monoisotopic (exact) mass is 382 g/mol. The molecule has 0 N–H and O–H groups in total. The lowest BCUT2D eigenvalue weighted by atomic mass is 10.0. The second-order valence-electron chi connectivity index (χ2n) is 7.56. The fourth-order valence-corrected chi connectivity index (χ4v) is 4.02. The summed E-state index contributed by atoms with van der Waals surface area (Å²) >= 11 is 0. The van der Waals surface area contributed by atoms with Crippen molar-refractivity contribution in [1.82, 2.24) is 9.97 Å². The molecule has 0 aliphatic rings. The molecule has 0 saturated heterocycles. The number of hydrogen-bond donors (Lipinski definition) is 0. The van der Waals surface area contributed by atoms with Crippen molar-refractivity contribution >= 4 is 32.6 Å². The highest BCUT2D eigenvalue weighted by atomic mass is 14.7. The predicted octanol–water partition coefficient (Wildman–Crippen LogP) is 7.27. The minimum atomic E-state index is 0.991. The maximum Gasteiger partial charge on any atom is 0.0709 e. The quantitative estimate of drug-likeness (QED) is 0.315. The summed E-state index contributed by atoms with van der Waals surface area (Å²) in [5, 5.41) is 4.72. The number of benzene rings is 4. The molecule has 2 heteroatoms. The van der Waals surface area contributed by atoms with Crippen LogP contribution in [0, 0.1) is 0 Å². The lowest BCUT2D eigenvalue weighted by Gasteiger charge is -2.08. The second-order valence-corrected chi connectivity index (χ2v) is 7.56. The van der Waals surface area contributed by atoms with E-state index in [2.05, 4.69) is 84.9 Å². The largest absolute Gasteiger partial charge is 0.248 e. The molecular weight excluding hydrogens is 364 g/mol. The van der Waals surface area contributed by atoms with Gasteiger partial charge in [-0.2, -0.15) is 0 Å². The van der Waals surface area contributed by atoms with Gasteiger partial charge >= 0.3 is 0 Å². The molecule has 0 aliphatic carbocycles. The van der Waals surface area contributed by atoms with Crippen LogP contribution in [-0.4, -0.2) is 9.97 Å². The van der Waals surface area contributed by atoms with Gasteiger partial charge in [-0.05, 0) is 47.2 Å². The average Bonchev–Trinajstić information content (AvgIpc) is 2.82. The van der Waals surface area contributed by atoms with Crippen LogP contribution >= 0.6 is 0 Å². The summed E-state index contributed by atoms with van der Waals surface area (Å²) in [6.07, 6.45) is 0. The van der Waals surface area contributed by atoms with Crippen LogP contribution < -0.4 is 0 Å². The Kier molecular flexibility index (Phi) is 3.82. The number of fused-ring (bicyclic) bond motifs is 3. The molecule has 2 aromatic heterocycles. The van der Waals surface area contributed by atoms with Crippen LogP contribution in [-0.2, 0) is 0 Å². The Morgan fingerprint density at radius 3 is 1.37 bits per heavy atom. The van der Waals surface area contributed by atoms with Crippen molar-refractivity contribution in [3.8, 4) is 22.5 Å². The summed E-state index contributed by atoms with van der Waals surface area (Å²) in [5.74, 6) is 0. The van der Waals surface area contributed by atoms with E-state index in [1.807, 2.05) is 24.3 Å². The predicted molar refractivity (Wildman–Crippen MR) is 125 cm³/mol. The molecule has 30 heavy (non-hydrogen) atoms.